The number of nitrogens with zero attached hydrogens (tertiary/aromatic N) is 1. The van der Waals surface area contributed by atoms with Crippen molar-refractivity contribution in [3.05, 3.63) is 22.8 Å². The SMILES string of the molecule is CC1OCCC1CNC(=O)c1cc(N)ncc1Cl. The van der Waals surface area contributed by atoms with Crippen molar-refractivity contribution in [2.75, 3.05) is 18.9 Å². The summed E-state index contributed by atoms with van der Waals surface area (Å²) in [5.74, 6) is 0.405. The van der Waals surface area contributed by atoms with Gasteiger partial charge in [0.2, 0.25) is 0 Å². The number of nitrogens with two attached hydrogens (primary N) is 1. The third-order valence-corrected chi connectivity index (χ3v) is 3.48. The van der Waals surface area contributed by atoms with E-state index in [1.807, 2.05) is 6.92 Å². The van der Waals surface area contributed by atoms with Crippen LogP contribution in [0.3, 0.4) is 0 Å². The molecule has 1 aliphatic rings. The van der Waals surface area contributed by atoms with Crippen molar-refractivity contribution in [3.63, 3.8) is 0 Å². The molecule has 0 aromatic carbocycles. The fraction of sp³-hybridized carbons (Fsp3) is 0.500. The minimum atomic E-state index is -0.229. The lowest BCUT2D eigenvalue weighted by Crippen LogP contribution is -2.32. The van der Waals surface area contributed by atoms with Gasteiger partial charge in [0.15, 0.2) is 0 Å². The summed E-state index contributed by atoms with van der Waals surface area (Å²) in [5.41, 5.74) is 5.89. The van der Waals surface area contributed by atoms with Gasteiger partial charge in [0.1, 0.15) is 5.82 Å². The number of carbonyl (C=O) groups excluding carboxylic acids is 1. The second kappa shape index (κ2) is 5.54. The number of hydrogen-bond donors (Lipinski definition) is 2. The van der Waals surface area contributed by atoms with Gasteiger partial charge in [-0.3, -0.25) is 4.79 Å². The van der Waals surface area contributed by atoms with Crippen LogP contribution in [-0.4, -0.2) is 30.1 Å². The second-order valence-electron chi connectivity index (χ2n) is 4.42. The molecule has 6 heteroatoms. The molecule has 1 aromatic rings. The summed E-state index contributed by atoms with van der Waals surface area (Å²) < 4.78 is 5.44. The van der Waals surface area contributed by atoms with Crippen LogP contribution in [0.5, 0.6) is 0 Å². The summed E-state index contributed by atoms with van der Waals surface area (Å²) >= 11 is 5.91. The molecule has 1 fully saturated rings. The van der Waals surface area contributed by atoms with E-state index in [9.17, 15) is 4.79 Å². The highest BCUT2D eigenvalue weighted by Crippen LogP contribution is 2.20. The molecule has 1 amide bonds. The minimum absolute atomic E-state index is 0.184. The molecule has 1 aliphatic heterocycles. The van der Waals surface area contributed by atoms with Gasteiger partial charge in [-0.15, -0.1) is 0 Å². The molecule has 0 saturated carbocycles. The first kappa shape index (κ1) is 13.1. The molecule has 0 radical (unpaired) electrons. The molecule has 98 valence electrons. The van der Waals surface area contributed by atoms with Gasteiger partial charge < -0.3 is 15.8 Å². The molecule has 2 heterocycles. The number of rotatable bonds is 3. The van der Waals surface area contributed by atoms with Crippen LogP contribution in [0.15, 0.2) is 12.3 Å². The fourth-order valence-electron chi connectivity index (χ4n) is 1.99. The van der Waals surface area contributed by atoms with Crippen LogP contribution in [-0.2, 0) is 4.74 Å². The predicted molar refractivity (Wildman–Crippen MR) is 69.5 cm³/mol. The summed E-state index contributed by atoms with van der Waals surface area (Å²) in [6.45, 7) is 3.35. The number of amides is 1. The highest BCUT2D eigenvalue weighted by molar-refractivity contribution is 6.33. The number of anilines is 1. The summed E-state index contributed by atoms with van der Waals surface area (Å²) in [4.78, 5) is 15.8. The van der Waals surface area contributed by atoms with Crippen LogP contribution in [0.1, 0.15) is 23.7 Å². The summed E-state index contributed by atoms with van der Waals surface area (Å²) in [5, 5.41) is 3.16. The van der Waals surface area contributed by atoms with E-state index in [2.05, 4.69) is 10.3 Å². The molecular weight excluding hydrogens is 254 g/mol. The Labute approximate surface area is 111 Å². The highest BCUT2D eigenvalue weighted by Gasteiger charge is 2.24. The van der Waals surface area contributed by atoms with Crippen molar-refractivity contribution in [1.29, 1.82) is 0 Å². The van der Waals surface area contributed by atoms with Gasteiger partial charge in [-0.2, -0.15) is 0 Å². The number of nitrogen functional groups attached to an aromatic ring is 1. The molecule has 1 saturated heterocycles. The molecule has 2 atom stereocenters. The molecule has 0 spiro atoms. The van der Waals surface area contributed by atoms with E-state index in [0.717, 1.165) is 13.0 Å². The van der Waals surface area contributed by atoms with Crippen LogP contribution in [0.25, 0.3) is 0 Å². The zero-order valence-corrected chi connectivity index (χ0v) is 10.9. The Hall–Kier alpha value is -1.33. The van der Waals surface area contributed by atoms with E-state index in [1.54, 1.807) is 0 Å². The van der Waals surface area contributed by atoms with Crippen LogP contribution in [0.2, 0.25) is 5.02 Å². The van der Waals surface area contributed by atoms with E-state index in [4.69, 9.17) is 22.1 Å². The Morgan fingerprint density at radius 1 is 1.72 bits per heavy atom. The number of hydrogen-bond acceptors (Lipinski definition) is 4. The Morgan fingerprint density at radius 3 is 3.17 bits per heavy atom. The Bertz CT molecular complexity index is 453. The Balaban J connectivity index is 1.97. The van der Waals surface area contributed by atoms with Gasteiger partial charge in [-0.25, -0.2) is 4.98 Å². The summed E-state index contributed by atoms with van der Waals surface area (Å²) in [6.07, 6.45) is 2.53. The molecule has 18 heavy (non-hydrogen) atoms. The first-order chi connectivity index (χ1) is 8.58. The molecule has 5 nitrogen and oxygen atoms in total. The Kier molecular flexibility index (Phi) is 4.04. The number of pyridine rings is 1. The molecule has 2 rings (SSSR count). The van der Waals surface area contributed by atoms with Gasteiger partial charge in [0.25, 0.3) is 5.91 Å². The molecule has 0 bridgehead atoms. The average Bonchev–Trinajstić information content (AvgIpc) is 2.75. The smallest absolute Gasteiger partial charge is 0.253 e. The van der Waals surface area contributed by atoms with Crippen molar-refractivity contribution in [1.82, 2.24) is 10.3 Å². The van der Waals surface area contributed by atoms with E-state index in [1.165, 1.54) is 12.3 Å². The summed E-state index contributed by atoms with van der Waals surface area (Å²) in [6, 6.07) is 1.48. The predicted octanol–water partition coefficient (Wildman–Crippen LogP) is 1.47. The quantitative estimate of drug-likeness (QED) is 0.871. The van der Waals surface area contributed by atoms with E-state index < -0.39 is 0 Å². The van der Waals surface area contributed by atoms with Crippen molar-refractivity contribution in [3.8, 4) is 0 Å². The number of aromatic nitrogens is 1. The minimum Gasteiger partial charge on any atom is -0.384 e. The maximum atomic E-state index is 12.0. The topological polar surface area (TPSA) is 77.2 Å². The first-order valence-electron chi connectivity index (χ1n) is 5.88. The van der Waals surface area contributed by atoms with Crippen LogP contribution < -0.4 is 11.1 Å². The van der Waals surface area contributed by atoms with Crippen LogP contribution in [0.4, 0.5) is 5.82 Å². The number of ether oxygens (including phenoxy) is 1. The first-order valence-corrected chi connectivity index (χ1v) is 6.26. The van der Waals surface area contributed by atoms with E-state index in [0.29, 0.717) is 23.0 Å². The van der Waals surface area contributed by atoms with E-state index in [-0.39, 0.29) is 17.8 Å². The molecule has 3 N–H and O–H groups in total. The van der Waals surface area contributed by atoms with Gasteiger partial charge in [0, 0.05) is 25.3 Å². The Morgan fingerprint density at radius 2 is 2.50 bits per heavy atom. The monoisotopic (exact) mass is 269 g/mol. The van der Waals surface area contributed by atoms with Gasteiger partial charge in [-0.1, -0.05) is 11.6 Å². The van der Waals surface area contributed by atoms with Crippen LogP contribution >= 0.6 is 11.6 Å². The van der Waals surface area contributed by atoms with Crippen molar-refractivity contribution >= 4 is 23.3 Å². The van der Waals surface area contributed by atoms with Crippen molar-refractivity contribution in [2.24, 2.45) is 5.92 Å². The van der Waals surface area contributed by atoms with Gasteiger partial charge in [-0.05, 0) is 19.4 Å². The van der Waals surface area contributed by atoms with Gasteiger partial charge in [0.05, 0.1) is 16.7 Å². The van der Waals surface area contributed by atoms with E-state index >= 15 is 0 Å². The third-order valence-electron chi connectivity index (χ3n) is 3.18. The van der Waals surface area contributed by atoms with Gasteiger partial charge >= 0.3 is 0 Å². The lowest BCUT2D eigenvalue weighted by molar-refractivity contribution is 0.0907. The van der Waals surface area contributed by atoms with Crippen molar-refractivity contribution in [2.45, 2.75) is 19.4 Å². The second-order valence-corrected chi connectivity index (χ2v) is 4.83. The number of carbonyl (C=O) groups is 1. The summed E-state index contributed by atoms with van der Waals surface area (Å²) in [7, 11) is 0. The largest absolute Gasteiger partial charge is 0.384 e. The third kappa shape index (κ3) is 2.91. The zero-order valence-electron chi connectivity index (χ0n) is 10.1. The zero-order chi connectivity index (χ0) is 13.1. The molecule has 2 unspecified atom stereocenters. The number of halogens is 1. The average molecular weight is 270 g/mol. The van der Waals surface area contributed by atoms with Crippen molar-refractivity contribution < 1.29 is 9.53 Å². The lowest BCUT2D eigenvalue weighted by Gasteiger charge is -2.15. The maximum absolute atomic E-state index is 12.0. The highest BCUT2D eigenvalue weighted by atomic mass is 35.5. The normalized spacial score (nSPS) is 23.0. The lowest BCUT2D eigenvalue weighted by atomic mass is 10.0. The van der Waals surface area contributed by atoms with Crippen LogP contribution in [0, 0.1) is 5.92 Å². The molecular formula is C12H16ClN3O2. The fourth-order valence-corrected chi connectivity index (χ4v) is 2.18. The number of nitrogens with one attached hydrogen (secondary N) is 1. The molecule has 1 aromatic heterocycles. The standard InChI is InChI=1S/C12H16ClN3O2/c1-7-8(2-3-18-7)5-16-12(17)9-4-11(14)15-6-10(9)13/h4,6-8H,2-3,5H2,1H3,(H2,14,15)(H,16,17). The maximum Gasteiger partial charge on any atom is 0.253 e. The molecule has 0 aliphatic carbocycles.